The molecule has 0 bridgehead atoms. The number of hydrogen-bond donors (Lipinski definition) is 2. The van der Waals surface area contributed by atoms with Gasteiger partial charge in [-0.2, -0.15) is 13.2 Å². The summed E-state index contributed by atoms with van der Waals surface area (Å²) in [5, 5.41) is 5.46. The number of halogens is 4. The van der Waals surface area contributed by atoms with Gasteiger partial charge in [-0.05, 0) is 17.7 Å². The predicted octanol–water partition coefficient (Wildman–Crippen LogP) is 1.97. The third-order valence-electron chi connectivity index (χ3n) is 3.23. The second kappa shape index (κ2) is 7.00. The monoisotopic (exact) mass is 324 g/mol. The lowest BCUT2D eigenvalue weighted by Gasteiger charge is -2.26. The van der Waals surface area contributed by atoms with Crippen LogP contribution in [0.15, 0.2) is 18.2 Å². The van der Waals surface area contributed by atoms with Crippen molar-refractivity contribution in [3.63, 3.8) is 0 Å². The fourth-order valence-corrected chi connectivity index (χ4v) is 1.90. The first-order valence-corrected chi connectivity index (χ1v) is 6.14. The summed E-state index contributed by atoms with van der Waals surface area (Å²) in [5.41, 5.74) is -0.761. The van der Waals surface area contributed by atoms with E-state index in [1.807, 2.05) is 0 Å². The highest BCUT2D eigenvalue weighted by molar-refractivity contribution is 5.85. The maximum atomic E-state index is 12.9. The number of rotatable bonds is 4. The van der Waals surface area contributed by atoms with Crippen molar-refractivity contribution in [1.29, 1.82) is 0 Å². The molecule has 0 aliphatic carbocycles. The highest BCUT2D eigenvalue weighted by Crippen LogP contribution is 2.34. The van der Waals surface area contributed by atoms with Crippen molar-refractivity contribution in [3.8, 4) is 5.75 Å². The molecule has 1 aliphatic rings. The average Bonchev–Trinajstić information content (AvgIpc) is 2.33. The summed E-state index contributed by atoms with van der Waals surface area (Å²) in [6, 6.07) is 3.70. The van der Waals surface area contributed by atoms with Crippen LogP contribution < -0.4 is 15.4 Å². The van der Waals surface area contributed by atoms with Gasteiger partial charge in [0.15, 0.2) is 0 Å². The Labute approximate surface area is 126 Å². The van der Waals surface area contributed by atoms with Crippen LogP contribution in [-0.4, -0.2) is 26.1 Å². The summed E-state index contributed by atoms with van der Waals surface area (Å²) in [5.74, 6) is -0.245. The number of ether oxygens (including phenoxy) is 1. The van der Waals surface area contributed by atoms with Crippen LogP contribution in [0.4, 0.5) is 13.2 Å². The SMILES string of the molecule is COc1ccc(CNC(=O)C2CNC2)c(C(F)(F)F)c1.Cl. The molecule has 0 aromatic heterocycles. The van der Waals surface area contributed by atoms with Crippen molar-refractivity contribution in [2.75, 3.05) is 20.2 Å². The van der Waals surface area contributed by atoms with E-state index < -0.39 is 11.7 Å². The molecule has 21 heavy (non-hydrogen) atoms. The number of benzene rings is 1. The van der Waals surface area contributed by atoms with Crippen molar-refractivity contribution < 1.29 is 22.7 Å². The maximum absolute atomic E-state index is 12.9. The molecule has 1 amide bonds. The summed E-state index contributed by atoms with van der Waals surface area (Å²) < 4.78 is 43.6. The van der Waals surface area contributed by atoms with Crippen LogP contribution in [0.2, 0.25) is 0 Å². The smallest absolute Gasteiger partial charge is 0.416 e. The van der Waals surface area contributed by atoms with E-state index >= 15 is 0 Å². The fraction of sp³-hybridized carbons (Fsp3) is 0.462. The molecule has 1 aliphatic heterocycles. The molecule has 0 radical (unpaired) electrons. The average molecular weight is 325 g/mol. The molecule has 1 aromatic rings. The molecule has 1 aromatic carbocycles. The minimum absolute atomic E-state index is 0. The van der Waals surface area contributed by atoms with Gasteiger partial charge in [-0.3, -0.25) is 4.79 Å². The molecule has 8 heteroatoms. The molecular weight excluding hydrogens is 309 g/mol. The molecule has 0 atom stereocenters. The van der Waals surface area contributed by atoms with Crippen LogP contribution in [0.3, 0.4) is 0 Å². The third kappa shape index (κ3) is 4.25. The van der Waals surface area contributed by atoms with Crippen LogP contribution in [0.25, 0.3) is 0 Å². The van der Waals surface area contributed by atoms with Gasteiger partial charge in [-0.1, -0.05) is 6.07 Å². The van der Waals surface area contributed by atoms with Gasteiger partial charge in [-0.15, -0.1) is 12.4 Å². The van der Waals surface area contributed by atoms with Crippen molar-refractivity contribution in [1.82, 2.24) is 10.6 Å². The first kappa shape index (κ1) is 17.6. The van der Waals surface area contributed by atoms with Gasteiger partial charge in [0, 0.05) is 19.6 Å². The van der Waals surface area contributed by atoms with Crippen molar-refractivity contribution in [2.45, 2.75) is 12.7 Å². The zero-order valence-electron chi connectivity index (χ0n) is 11.3. The number of carbonyl (C=O) groups is 1. The molecule has 2 N–H and O–H groups in total. The maximum Gasteiger partial charge on any atom is 0.416 e. The molecule has 0 unspecified atom stereocenters. The number of hydrogen-bond acceptors (Lipinski definition) is 3. The van der Waals surface area contributed by atoms with Gasteiger partial charge >= 0.3 is 6.18 Å². The van der Waals surface area contributed by atoms with E-state index in [0.29, 0.717) is 13.1 Å². The summed E-state index contributed by atoms with van der Waals surface area (Å²) in [6.07, 6.45) is -4.48. The Balaban J connectivity index is 0.00000220. The highest BCUT2D eigenvalue weighted by atomic mass is 35.5. The number of nitrogens with one attached hydrogen (secondary N) is 2. The predicted molar refractivity (Wildman–Crippen MR) is 73.5 cm³/mol. The van der Waals surface area contributed by atoms with Crippen LogP contribution in [0, 0.1) is 5.92 Å². The van der Waals surface area contributed by atoms with Crippen LogP contribution in [0.5, 0.6) is 5.75 Å². The van der Waals surface area contributed by atoms with Gasteiger partial charge in [0.1, 0.15) is 5.75 Å². The van der Waals surface area contributed by atoms with E-state index in [2.05, 4.69) is 10.6 Å². The van der Waals surface area contributed by atoms with Crippen LogP contribution >= 0.6 is 12.4 Å². The molecule has 118 valence electrons. The van der Waals surface area contributed by atoms with Crippen LogP contribution in [-0.2, 0) is 17.5 Å². The molecule has 1 saturated heterocycles. The van der Waals surface area contributed by atoms with E-state index in [4.69, 9.17) is 4.74 Å². The Hall–Kier alpha value is -1.47. The van der Waals surface area contributed by atoms with E-state index in [0.717, 1.165) is 6.07 Å². The second-order valence-corrected chi connectivity index (χ2v) is 4.59. The van der Waals surface area contributed by atoms with Crippen LogP contribution in [0.1, 0.15) is 11.1 Å². The molecule has 2 rings (SSSR count). The van der Waals surface area contributed by atoms with E-state index in [9.17, 15) is 18.0 Å². The molecular formula is C13H16ClF3N2O2. The first-order chi connectivity index (χ1) is 9.41. The van der Waals surface area contributed by atoms with Crippen molar-refractivity contribution in [3.05, 3.63) is 29.3 Å². The zero-order valence-corrected chi connectivity index (χ0v) is 12.1. The fourth-order valence-electron chi connectivity index (χ4n) is 1.90. The number of amides is 1. The Morgan fingerprint density at radius 2 is 2.10 bits per heavy atom. The molecule has 0 saturated carbocycles. The second-order valence-electron chi connectivity index (χ2n) is 4.59. The minimum Gasteiger partial charge on any atom is -0.497 e. The molecule has 1 fully saturated rings. The Morgan fingerprint density at radius 1 is 1.43 bits per heavy atom. The van der Waals surface area contributed by atoms with E-state index in [1.165, 1.54) is 19.2 Å². The van der Waals surface area contributed by atoms with Gasteiger partial charge in [0.25, 0.3) is 0 Å². The van der Waals surface area contributed by atoms with Crippen molar-refractivity contribution in [2.24, 2.45) is 5.92 Å². The minimum atomic E-state index is -4.48. The van der Waals surface area contributed by atoms with Crippen molar-refractivity contribution >= 4 is 18.3 Å². The standard InChI is InChI=1S/C13H15F3N2O2.ClH/c1-20-10-3-2-8(11(4-10)13(14,15)16)7-18-12(19)9-5-17-6-9;/h2-4,9,17H,5-7H2,1H3,(H,18,19);1H. The van der Waals surface area contributed by atoms with Gasteiger partial charge < -0.3 is 15.4 Å². The molecule has 0 spiro atoms. The summed E-state index contributed by atoms with van der Waals surface area (Å²) in [4.78, 5) is 11.6. The van der Waals surface area contributed by atoms with Gasteiger partial charge in [0.05, 0.1) is 18.6 Å². The molecule has 4 nitrogen and oxygen atoms in total. The topological polar surface area (TPSA) is 50.4 Å². The van der Waals surface area contributed by atoms with Gasteiger partial charge in [0.2, 0.25) is 5.91 Å². The Bertz CT molecular complexity index is 505. The number of carbonyl (C=O) groups excluding carboxylic acids is 1. The largest absolute Gasteiger partial charge is 0.497 e. The third-order valence-corrected chi connectivity index (χ3v) is 3.23. The van der Waals surface area contributed by atoms with E-state index in [-0.39, 0.29) is 42.1 Å². The molecule has 1 heterocycles. The van der Waals surface area contributed by atoms with E-state index in [1.54, 1.807) is 0 Å². The lowest BCUT2D eigenvalue weighted by atomic mass is 10.0. The quantitative estimate of drug-likeness (QED) is 0.890. The number of methoxy groups -OCH3 is 1. The summed E-state index contributed by atoms with van der Waals surface area (Å²) in [6.45, 7) is 0.995. The van der Waals surface area contributed by atoms with Gasteiger partial charge in [-0.25, -0.2) is 0 Å². The number of alkyl halides is 3. The summed E-state index contributed by atoms with van der Waals surface area (Å²) in [7, 11) is 1.31. The highest BCUT2D eigenvalue weighted by Gasteiger charge is 2.34. The normalized spacial score (nSPS) is 14.9. The Morgan fingerprint density at radius 3 is 2.57 bits per heavy atom. The Kier molecular flexibility index (Phi) is 5.86. The lowest BCUT2D eigenvalue weighted by molar-refractivity contribution is -0.138. The lowest BCUT2D eigenvalue weighted by Crippen LogP contribution is -2.50. The summed E-state index contributed by atoms with van der Waals surface area (Å²) >= 11 is 0. The zero-order chi connectivity index (χ0) is 14.8. The first-order valence-electron chi connectivity index (χ1n) is 6.14.